The first-order valence-electron chi connectivity index (χ1n) is 7.12. The van der Waals surface area contributed by atoms with E-state index in [1.807, 2.05) is 0 Å². The third kappa shape index (κ3) is 5.01. The molecule has 0 aliphatic carbocycles. The summed E-state index contributed by atoms with van der Waals surface area (Å²) in [6.07, 6.45) is 2.55. The molecule has 0 spiro atoms. The number of hydrogen-bond donors (Lipinski definition) is 1. The summed E-state index contributed by atoms with van der Waals surface area (Å²) >= 11 is 0.985. The van der Waals surface area contributed by atoms with Gasteiger partial charge < -0.3 is 9.64 Å². The number of benzene rings is 1. The van der Waals surface area contributed by atoms with Crippen LogP contribution in [0, 0.1) is 0 Å². The Bertz CT molecular complexity index is 799. The van der Waals surface area contributed by atoms with Gasteiger partial charge in [-0.1, -0.05) is 12.1 Å². The van der Waals surface area contributed by atoms with Gasteiger partial charge in [-0.2, -0.15) is 5.10 Å². The molecule has 0 radical (unpaired) electrons. The van der Waals surface area contributed by atoms with E-state index < -0.39 is 11.9 Å². The predicted molar refractivity (Wildman–Crippen MR) is 95.3 cm³/mol. The number of hydrogen-bond acceptors (Lipinski definition) is 7. The van der Waals surface area contributed by atoms with Crippen molar-refractivity contribution in [3.05, 3.63) is 46.4 Å². The third-order valence-corrected chi connectivity index (χ3v) is 3.90. The Morgan fingerprint density at radius 1 is 1.32 bits per heavy atom. The van der Waals surface area contributed by atoms with Gasteiger partial charge in [-0.15, -0.1) is 5.10 Å². The van der Waals surface area contributed by atoms with Crippen LogP contribution in [0.15, 0.2) is 45.4 Å². The first-order chi connectivity index (χ1) is 11.9. The van der Waals surface area contributed by atoms with Crippen molar-refractivity contribution < 1.29 is 19.1 Å². The zero-order valence-electron chi connectivity index (χ0n) is 13.8. The third-order valence-electron chi connectivity index (χ3n) is 3.00. The number of rotatable bonds is 4. The van der Waals surface area contributed by atoms with Crippen molar-refractivity contribution in [1.29, 1.82) is 0 Å². The summed E-state index contributed by atoms with van der Waals surface area (Å²) in [5.41, 5.74) is 1.23. The molecule has 0 bridgehead atoms. The van der Waals surface area contributed by atoms with Crippen molar-refractivity contribution in [1.82, 2.24) is 10.2 Å². The summed E-state index contributed by atoms with van der Waals surface area (Å²) in [6, 6.07) is 6.92. The van der Waals surface area contributed by atoms with Crippen LogP contribution in [-0.4, -0.2) is 55.3 Å². The van der Waals surface area contributed by atoms with Gasteiger partial charge in [0.2, 0.25) is 0 Å². The summed E-state index contributed by atoms with van der Waals surface area (Å²) in [5.74, 6) is -1.18. The molecule has 0 aromatic heterocycles. The fraction of sp³-hybridized carbons (Fsp3) is 0.188. The van der Waals surface area contributed by atoms with E-state index in [4.69, 9.17) is 0 Å². The van der Waals surface area contributed by atoms with Crippen molar-refractivity contribution in [2.75, 3.05) is 21.2 Å². The van der Waals surface area contributed by atoms with Gasteiger partial charge in [-0.25, -0.2) is 4.79 Å². The number of esters is 1. The van der Waals surface area contributed by atoms with Gasteiger partial charge >= 0.3 is 5.97 Å². The predicted octanol–water partition coefficient (Wildman–Crippen LogP) is 0.998. The van der Waals surface area contributed by atoms with Crippen LogP contribution in [0.2, 0.25) is 0 Å². The molecule has 1 heterocycles. The van der Waals surface area contributed by atoms with Crippen LogP contribution in [0.4, 0.5) is 0 Å². The Hall–Kier alpha value is -2.94. The highest BCUT2D eigenvalue weighted by atomic mass is 32.2. The van der Waals surface area contributed by atoms with Crippen molar-refractivity contribution in [3.63, 3.8) is 0 Å². The molecule has 2 rings (SSSR count). The topological polar surface area (TPSA) is 100 Å². The quantitative estimate of drug-likeness (QED) is 0.374. The summed E-state index contributed by atoms with van der Waals surface area (Å²) in [6.45, 7) is 0. The molecule has 9 heteroatoms. The molecule has 130 valence electrons. The van der Waals surface area contributed by atoms with E-state index >= 15 is 0 Å². The fourth-order valence-electron chi connectivity index (χ4n) is 1.80. The highest BCUT2D eigenvalue weighted by Gasteiger charge is 2.24. The van der Waals surface area contributed by atoms with Crippen LogP contribution in [0.3, 0.4) is 0 Å². The number of nitrogens with zero attached hydrogens (tertiary/aromatic N) is 3. The zero-order valence-corrected chi connectivity index (χ0v) is 14.7. The Kier molecular flexibility index (Phi) is 6.07. The zero-order chi connectivity index (χ0) is 18.4. The molecule has 1 aromatic carbocycles. The molecular weight excluding hydrogens is 344 g/mol. The van der Waals surface area contributed by atoms with Gasteiger partial charge in [0.15, 0.2) is 5.17 Å². The Balaban J connectivity index is 2.08. The lowest BCUT2D eigenvalue weighted by molar-refractivity contribution is -0.135. The number of amides is 2. The molecule has 8 nitrogen and oxygen atoms in total. The molecule has 0 saturated carbocycles. The summed E-state index contributed by atoms with van der Waals surface area (Å²) in [7, 11) is 4.58. The maximum Gasteiger partial charge on any atom is 0.331 e. The maximum atomic E-state index is 11.9. The number of amidine groups is 1. The van der Waals surface area contributed by atoms with Gasteiger partial charge in [0.05, 0.1) is 18.2 Å². The molecular formula is C16H16N4O4S. The molecule has 1 saturated heterocycles. The van der Waals surface area contributed by atoms with Gasteiger partial charge in [-0.3, -0.25) is 14.9 Å². The van der Waals surface area contributed by atoms with Gasteiger partial charge in [0, 0.05) is 25.7 Å². The first kappa shape index (κ1) is 18.4. The number of thioether (sulfide) groups is 1. The fourth-order valence-corrected chi connectivity index (χ4v) is 2.54. The average Bonchev–Trinajstić information content (AvgIpc) is 2.93. The van der Waals surface area contributed by atoms with Crippen molar-refractivity contribution in [2.24, 2.45) is 10.2 Å². The second-order valence-electron chi connectivity index (χ2n) is 5.06. The summed E-state index contributed by atoms with van der Waals surface area (Å²) in [5, 5.41) is 10.5. The van der Waals surface area contributed by atoms with Gasteiger partial charge in [0.1, 0.15) is 0 Å². The molecule has 25 heavy (non-hydrogen) atoms. The molecule has 0 unspecified atom stereocenters. The number of carbonyl (C=O) groups is 3. The molecule has 1 aromatic rings. The number of methoxy groups -OCH3 is 1. The van der Waals surface area contributed by atoms with Crippen LogP contribution in [-0.2, 0) is 14.3 Å². The Morgan fingerprint density at radius 3 is 2.76 bits per heavy atom. The van der Waals surface area contributed by atoms with Crippen molar-refractivity contribution in [2.45, 2.75) is 0 Å². The van der Waals surface area contributed by atoms with Crippen molar-refractivity contribution >= 4 is 40.9 Å². The lowest BCUT2D eigenvalue weighted by Gasteiger charge is -2.10. The number of carbonyl (C=O) groups excluding carboxylic acids is 3. The molecule has 1 N–H and O–H groups in total. The van der Waals surface area contributed by atoms with Gasteiger partial charge in [0.25, 0.3) is 11.8 Å². The normalized spacial score (nSPS) is 17.2. The van der Waals surface area contributed by atoms with Crippen LogP contribution in [0.5, 0.6) is 0 Å². The summed E-state index contributed by atoms with van der Waals surface area (Å²) in [4.78, 5) is 36.4. The maximum absolute atomic E-state index is 11.9. The average molecular weight is 360 g/mol. The Morgan fingerprint density at radius 2 is 2.08 bits per heavy atom. The second-order valence-corrected chi connectivity index (χ2v) is 6.09. The van der Waals surface area contributed by atoms with E-state index in [0.29, 0.717) is 11.1 Å². The van der Waals surface area contributed by atoms with Gasteiger partial charge in [-0.05, 0) is 29.5 Å². The van der Waals surface area contributed by atoms with E-state index in [1.54, 1.807) is 38.4 Å². The second kappa shape index (κ2) is 8.25. The first-order valence-corrected chi connectivity index (χ1v) is 7.94. The van der Waals surface area contributed by atoms with Crippen LogP contribution in [0.25, 0.3) is 0 Å². The standard InChI is InChI=1S/C16H16N4O4S/c1-20(2)15(23)11-6-4-5-10(7-11)9-17-19-16-18-14(22)12(25-16)8-13(21)24-3/h4-9H,1-3H3,(H,18,19,22)/b12-8+,17-9?. The lowest BCUT2D eigenvalue weighted by Crippen LogP contribution is -2.21. The minimum atomic E-state index is -0.621. The highest BCUT2D eigenvalue weighted by Crippen LogP contribution is 2.23. The SMILES string of the molecule is COC(=O)/C=C1/S/C(=N\N=Cc2cccc(C(=O)N(C)C)c2)NC1=O. The molecule has 2 amide bonds. The van der Waals surface area contributed by atoms with E-state index in [2.05, 4.69) is 20.3 Å². The minimum absolute atomic E-state index is 0.113. The van der Waals surface area contributed by atoms with E-state index in [-0.39, 0.29) is 16.0 Å². The van der Waals surface area contributed by atoms with Crippen LogP contribution >= 0.6 is 11.8 Å². The van der Waals surface area contributed by atoms with Crippen LogP contribution < -0.4 is 5.32 Å². The number of nitrogens with one attached hydrogen (secondary N) is 1. The smallest absolute Gasteiger partial charge is 0.331 e. The van der Waals surface area contributed by atoms with Crippen LogP contribution in [0.1, 0.15) is 15.9 Å². The Labute approximate surface area is 148 Å². The van der Waals surface area contributed by atoms with E-state index in [9.17, 15) is 14.4 Å². The van der Waals surface area contributed by atoms with Crippen molar-refractivity contribution in [3.8, 4) is 0 Å². The number of ether oxygens (including phenoxy) is 1. The molecule has 1 aliphatic heterocycles. The van der Waals surface area contributed by atoms with E-state index in [0.717, 1.165) is 17.8 Å². The highest BCUT2D eigenvalue weighted by molar-refractivity contribution is 8.18. The molecule has 0 atom stereocenters. The minimum Gasteiger partial charge on any atom is -0.466 e. The largest absolute Gasteiger partial charge is 0.466 e. The van der Waals surface area contributed by atoms with E-state index in [1.165, 1.54) is 18.2 Å². The monoisotopic (exact) mass is 360 g/mol. The summed E-state index contributed by atoms with van der Waals surface area (Å²) < 4.78 is 4.47. The lowest BCUT2D eigenvalue weighted by atomic mass is 10.1. The molecule has 1 fully saturated rings. The molecule has 1 aliphatic rings.